The van der Waals surface area contributed by atoms with Gasteiger partial charge < -0.3 is 0 Å². The van der Waals surface area contributed by atoms with Crippen LogP contribution in [0.1, 0.15) is 11.1 Å². The molecule has 0 fully saturated rings. The maximum Gasteiger partial charge on any atom is 0.100 e. The molecule has 0 spiro atoms. The fourth-order valence-electron chi connectivity index (χ4n) is 0.776. The van der Waals surface area contributed by atoms with E-state index in [4.69, 9.17) is 16.9 Å². The first-order chi connectivity index (χ1) is 5.69. The van der Waals surface area contributed by atoms with E-state index in [1.165, 1.54) is 0 Å². The predicted octanol–water partition coefficient (Wildman–Crippen LogP) is 3.71. The molecular weight excluding hydrogens is 352 g/mol. The smallest absolute Gasteiger partial charge is 0.100 e. The van der Waals surface area contributed by atoms with Crippen molar-refractivity contribution in [2.75, 3.05) is 0 Å². The van der Waals surface area contributed by atoms with Gasteiger partial charge in [-0.25, -0.2) is 0 Å². The molecule has 1 aromatic rings. The number of benzene rings is 1. The number of rotatable bonds is 1. The molecule has 0 aliphatic carbocycles. The second-order valence-electron chi connectivity index (χ2n) is 2.17. The zero-order valence-corrected chi connectivity index (χ0v) is 10.4. The molecule has 12 heavy (non-hydrogen) atoms. The van der Waals surface area contributed by atoms with Crippen LogP contribution in [-0.4, -0.2) is 0 Å². The zero-order valence-electron chi connectivity index (χ0n) is 5.94. The quantitative estimate of drug-likeness (QED) is 0.556. The van der Waals surface area contributed by atoms with E-state index in [2.05, 4.69) is 44.6 Å². The zero-order chi connectivity index (χ0) is 9.14. The minimum Gasteiger partial charge on any atom is -0.192 e. The third-order valence-electron chi connectivity index (χ3n) is 1.40. The van der Waals surface area contributed by atoms with Crippen molar-refractivity contribution in [2.45, 2.75) is 5.33 Å². The van der Waals surface area contributed by atoms with Gasteiger partial charge in [-0.1, -0.05) is 27.5 Å². The van der Waals surface area contributed by atoms with Gasteiger partial charge in [-0.2, -0.15) is 5.26 Å². The largest absolute Gasteiger partial charge is 0.192 e. The van der Waals surface area contributed by atoms with Gasteiger partial charge in [-0.05, 0) is 40.3 Å². The summed E-state index contributed by atoms with van der Waals surface area (Å²) in [5.74, 6) is 0. The summed E-state index contributed by atoms with van der Waals surface area (Å²) in [5.41, 5.74) is 1.64. The Hall–Kier alpha value is 0.210. The molecule has 1 rings (SSSR count). The molecule has 0 atom stereocenters. The van der Waals surface area contributed by atoms with E-state index in [0.29, 0.717) is 15.9 Å². The molecule has 1 nitrogen and oxygen atoms in total. The summed E-state index contributed by atoms with van der Waals surface area (Å²) < 4.78 is 0.939. The SMILES string of the molecule is N#Cc1cc(Cl)c(CBr)cc1I. The van der Waals surface area contributed by atoms with E-state index in [0.717, 1.165) is 9.13 Å². The maximum absolute atomic E-state index is 8.68. The van der Waals surface area contributed by atoms with Crippen LogP contribution in [0.15, 0.2) is 12.1 Å². The fraction of sp³-hybridized carbons (Fsp3) is 0.125. The van der Waals surface area contributed by atoms with E-state index in [-0.39, 0.29) is 0 Å². The minimum absolute atomic E-state index is 0.630. The van der Waals surface area contributed by atoms with Crippen molar-refractivity contribution < 1.29 is 0 Å². The molecule has 0 aliphatic rings. The van der Waals surface area contributed by atoms with Crippen molar-refractivity contribution in [3.05, 3.63) is 31.9 Å². The van der Waals surface area contributed by atoms with Crippen LogP contribution in [0.5, 0.6) is 0 Å². The van der Waals surface area contributed by atoms with Crippen molar-refractivity contribution in [1.82, 2.24) is 0 Å². The second-order valence-corrected chi connectivity index (χ2v) is 4.30. The fourth-order valence-corrected chi connectivity index (χ4v) is 2.28. The Balaban J connectivity index is 3.28. The first-order valence-corrected chi connectivity index (χ1v) is 5.71. The predicted molar refractivity (Wildman–Crippen MR) is 61.5 cm³/mol. The number of halogens is 3. The lowest BCUT2D eigenvalue weighted by Crippen LogP contribution is -1.87. The van der Waals surface area contributed by atoms with Gasteiger partial charge in [0.2, 0.25) is 0 Å². The van der Waals surface area contributed by atoms with Crippen LogP contribution < -0.4 is 0 Å². The lowest BCUT2D eigenvalue weighted by atomic mass is 10.2. The number of nitriles is 1. The summed E-state index contributed by atoms with van der Waals surface area (Å²) >= 11 is 11.3. The van der Waals surface area contributed by atoms with E-state index in [9.17, 15) is 0 Å². The molecular formula is C8H4BrClIN. The highest BCUT2D eigenvalue weighted by Crippen LogP contribution is 2.24. The molecule has 4 heteroatoms. The van der Waals surface area contributed by atoms with Gasteiger partial charge in [0.25, 0.3) is 0 Å². The average molecular weight is 356 g/mol. The van der Waals surface area contributed by atoms with Gasteiger partial charge in [-0.15, -0.1) is 0 Å². The summed E-state index contributed by atoms with van der Waals surface area (Å²) in [6.45, 7) is 0. The Morgan fingerprint density at radius 1 is 1.58 bits per heavy atom. The number of hydrogen-bond donors (Lipinski definition) is 0. The normalized spacial score (nSPS) is 9.50. The number of alkyl halides is 1. The summed E-state index contributed by atoms with van der Waals surface area (Å²) in [4.78, 5) is 0. The molecule has 0 saturated heterocycles. The Labute approximate surface area is 98.0 Å². The maximum atomic E-state index is 8.68. The Kier molecular flexibility index (Phi) is 3.81. The molecule has 62 valence electrons. The highest BCUT2D eigenvalue weighted by Gasteiger charge is 2.04. The van der Waals surface area contributed by atoms with Crippen LogP contribution in [0.3, 0.4) is 0 Å². The summed E-state index contributed by atoms with van der Waals surface area (Å²) in [6, 6.07) is 5.69. The van der Waals surface area contributed by atoms with Gasteiger partial charge >= 0.3 is 0 Å². The summed E-state index contributed by atoms with van der Waals surface area (Å²) in [5, 5.41) is 10.0. The molecule has 0 N–H and O–H groups in total. The molecule has 0 heterocycles. The number of nitrogens with zero attached hydrogens (tertiary/aromatic N) is 1. The lowest BCUT2D eigenvalue weighted by Gasteiger charge is -2.01. The van der Waals surface area contributed by atoms with E-state index < -0.39 is 0 Å². The van der Waals surface area contributed by atoms with E-state index in [1.54, 1.807) is 6.07 Å². The first kappa shape index (κ1) is 10.3. The Bertz CT molecular complexity index is 345. The third-order valence-corrected chi connectivity index (χ3v) is 3.25. The minimum atomic E-state index is 0.630. The molecule has 0 saturated carbocycles. The first-order valence-electron chi connectivity index (χ1n) is 3.13. The van der Waals surface area contributed by atoms with Gasteiger partial charge in [0.1, 0.15) is 6.07 Å². The van der Waals surface area contributed by atoms with Gasteiger partial charge in [0, 0.05) is 13.9 Å². The Morgan fingerprint density at radius 2 is 2.25 bits per heavy atom. The van der Waals surface area contributed by atoms with Crippen LogP contribution in [0.4, 0.5) is 0 Å². The highest BCUT2D eigenvalue weighted by atomic mass is 127. The van der Waals surface area contributed by atoms with Crippen molar-refractivity contribution >= 4 is 50.1 Å². The van der Waals surface area contributed by atoms with Crippen LogP contribution >= 0.6 is 50.1 Å². The van der Waals surface area contributed by atoms with E-state index >= 15 is 0 Å². The molecule has 0 radical (unpaired) electrons. The highest BCUT2D eigenvalue weighted by molar-refractivity contribution is 14.1. The van der Waals surface area contributed by atoms with Crippen LogP contribution in [-0.2, 0) is 5.33 Å². The lowest BCUT2D eigenvalue weighted by molar-refractivity contribution is 1.38. The second kappa shape index (κ2) is 4.45. The molecule has 0 aromatic heterocycles. The van der Waals surface area contributed by atoms with Crippen molar-refractivity contribution in [2.24, 2.45) is 0 Å². The van der Waals surface area contributed by atoms with Crippen molar-refractivity contribution in [3.63, 3.8) is 0 Å². The van der Waals surface area contributed by atoms with Crippen molar-refractivity contribution in [1.29, 1.82) is 5.26 Å². The van der Waals surface area contributed by atoms with Gasteiger partial charge in [0.15, 0.2) is 0 Å². The monoisotopic (exact) mass is 355 g/mol. The summed E-state index contributed by atoms with van der Waals surface area (Å²) in [7, 11) is 0. The van der Waals surface area contributed by atoms with E-state index in [1.807, 2.05) is 6.07 Å². The van der Waals surface area contributed by atoms with Crippen LogP contribution in [0.2, 0.25) is 5.02 Å². The molecule has 0 amide bonds. The van der Waals surface area contributed by atoms with Crippen LogP contribution in [0, 0.1) is 14.9 Å². The Morgan fingerprint density at radius 3 is 2.75 bits per heavy atom. The third kappa shape index (κ3) is 2.12. The number of hydrogen-bond acceptors (Lipinski definition) is 1. The molecule has 0 bridgehead atoms. The molecule has 0 aliphatic heterocycles. The topological polar surface area (TPSA) is 23.8 Å². The average Bonchev–Trinajstić information content (AvgIpc) is 2.08. The van der Waals surface area contributed by atoms with Gasteiger partial charge in [0.05, 0.1) is 5.56 Å². The standard InChI is InChI=1S/C8H4BrClIN/c9-3-5-2-8(11)6(4-12)1-7(5)10/h1-2H,3H2. The summed E-state index contributed by atoms with van der Waals surface area (Å²) in [6.07, 6.45) is 0. The molecule has 0 unspecified atom stereocenters. The van der Waals surface area contributed by atoms with Crippen molar-refractivity contribution in [3.8, 4) is 6.07 Å². The molecule has 1 aromatic carbocycles. The van der Waals surface area contributed by atoms with Gasteiger partial charge in [-0.3, -0.25) is 0 Å². The van der Waals surface area contributed by atoms with Crippen LogP contribution in [0.25, 0.3) is 0 Å².